The van der Waals surface area contributed by atoms with Gasteiger partial charge in [0, 0.05) is 50.4 Å². The lowest BCUT2D eigenvalue weighted by atomic mass is 9.85. The third kappa shape index (κ3) is 12.0. The fourth-order valence-electron chi connectivity index (χ4n) is 5.47. The topological polar surface area (TPSA) is 178 Å². The number of nitrogens with two attached hydrogens (primary N) is 1. The first-order valence-corrected chi connectivity index (χ1v) is 16.0. The van der Waals surface area contributed by atoms with Crippen LogP contribution in [0.3, 0.4) is 0 Å². The molecule has 2 rings (SSSR count). The maximum absolute atomic E-state index is 13.8. The second-order valence-electron chi connectivity index (χ2n) is 12.0. The summed E-state index contributed by atoms with van der Waals surface area (Å²) in [6, 6.07) is 0. The van der Waals surface area contributed by atoms with Gasteiger partial charge in [0.2, 0.25) is 11.6 Å². The summed E-state index contributed by atoms with van der Waals surface area (Å²) in [7, 11) is 2.94. The van der Waals surface area contributed by atoms with Gasteiger partial charge in [-0.15, -0.1) is 0 Å². The number of ether oxygens (including phenoxy) is 3. The molecule has 0 aromatic carbocycles. The van der Waals surface area contributed by atoms with E-state index in [0.717, 1.165) is 19.0 Å². The maximum Gasteiger partial charge on any atom is 0.405 e. The van der Waals surface area contributed by atoms with Crippen LogP contribution in [0.2, 0.25) is 0 Å². The van der Waals surface area contributed by atoms with Gasteiger partial charge in [0.1, 0.15) is 6.10 Å². The van der Waals surface area contributed by atoms with Gasteiger partial charge in [-0.25, -0.2) is 4.79 Å². The molecular weight excluding hydrogens is 604 g/mol. The molecule has 1 aliphatic heterocycles. The summed E-state index contributed by atoms with van der Waals surface area (Å²) in [5, 5.41) is 20.3. The molecule has 0 saturated carbocycles. The number of aliphatic hydroxyl groups excluding tert-OH is 1. The fourth-order valence-corrected chi connectivity index (χ4v) is 5.47. The van der Waals surface area contributed by atoms with Crippen LogP contribution < -0.4 is 21.7 Å². The van der Waals surface area contributed by atoms with Crippen molar-refractivity contribution in [3.63, 3.8) is 0 Å². The number of primary amides is 1. The number of rotatable bonds is 10. The van der Waals surface area contributed by atoms with Gasteiger partial charge < -0.3 is 41.0 Å². The molecule has 260 valence electrons. The molecule has 6 atom stereocenters. The highest BCUT2D eigenvalue weighted by atomic mass is 16.6. The van der Waals surface area contributed by atoms with Crippen molar-refractivity contribution in [3.05, 3.63) is 70.6 Å². The van der Waals surface area contributed by atoms with E-state index in [4.69, 9.17) is 19.9 Å². The molecule has 0 fully saturated rings. The van der Waals surface area contributed by atoms with Crippen LogP contribution in [-0.4, -0.2) is 86.9 Å². The Balaban J connectivity index is 2.54. The largest absolute Gasteiger partial charge is 0.439 e. The van der Waals surface area contributed by atoms with Gasteiger partial charge in [0.15, 0.2) is 6.10 Å². The first kappa shape index (κ1) is 39.3. The number of aliphatic hydroxyl groups is 1. The van der Waals surface area contributed by atoms with Crippen LogP contribution in [0.5, 0.6) is 0 Å². The van der Waals surface area contributed by atoms with Crippen LogP contribution in [-0.2, 0) is 28.6 Å². The highest BCUT2D eigenvalue weighted by Crippen LogP contribution is 2.28. The van der Waals surface area contributed by atoms with Crippen molar-refractivity contribution in [1.29, 1.82) is 0 Å². The number of ketones is 2. The summed E-state index contributed by atoms with van der Waals surface area (Å²) >= 11 is 0. The summed E-state index contributed by atoms with van der Waals surface area (Å²) < 4.78 is 16.7. The number of hydrogen-bond donors (Lipinski definition) is 5. The Morgan fingerprint density at radius 1 is 1.13 bits per heavy atom. The second kappa shape index (κ2) is 19.7. The molecule has 12 heteroatoms. The average molecular weight is 657 g/mol. The van der Waals surface area contributed by atoms with Crippen LogP contribution >= 0.6 is 0 Å². The van der Waals surface area contributed by atoms with Crippen LogP contribution in [0.25, 0.3) is 0 Å². The lowest BCUT2D eigenvalue weighted by Gasteiger charge is -2.30. The fraction of sp³-hybridized carbons (Fsp3) is 0.543. The van der Waals surface area contributed by atoms with E-state index in [-0.39, 0.29) is 34.9 Å². The minimum absolute atomic E-state index is 0.122. The standard InChI is InChI=1S/C35H52N4O8/c1-8-14-37-15-9-10-16-38-30-25-17-21(2)18-29(46-7)31(41)23(4)19-24(5)33(47-35(36)44)28(45-6)13-11-12-22(3)34(43)39-26(32(25)42)20-27(30)40/h9-13,19-21,23,28-29,31,33,37-38,41H,8,14-18H2,1-7H3,(H2,36,44)(H,39,43)/b10-9+,13-11-,22-12+,24-19+. The van der Waals surface area contributed by atoms with Crippen molar-refractivity contribution in [1.82, 2.24) is 16.0 Å². The summed E-state index contributed by atoms with van der Waals surface area (Å²) in [5.74, 6) is -2.11. The number of Topliss-reactive ketones (excluding diaryl/α,β-unsaturated/α-hetero) is 1. The van der Waals surface area contributed by atoms with Crippen molar-refractivity contribution in [2.75, 3.05) is 33.9 Å². The number of carbonyl (C=O) groups excluding carboxylic acids is 4. The third-order valence-electron chi connectivity index (χ3n) is 8.05. The average Bonchev–Trinajstić information content (AvgIpc) is 3.02. The molecule has 12 nitrogen and oxygen atoms in total. The first-order valence-electron chi connectivity index (χ1n) is 16.0. The van der Waals surface area contributed by atoms with Gasteiger partial charge in [-0.2, -0.15) is 0 Å². The van der Waals surface area contributed by atoms with E-state index in [1.54, 1.807) is 32.1 Å². The van der Waals surface area contributed by atoms with Gasteiger partial charge in [0.05, 0.1) is 23.6 Å². The maximum atomic E-state index is 13.8. The lowest BCUT2D eigenvalue weighted by Crippen LogP contribution is -2.38. The zero-order chi connectivity index (χ0) is 35.1. The molecule has 0 aromatic heterocycles. The molecule has 0 spiro atoms. The van der Waals surface area contributed by atoms with E-state index in [1.807, 2.05) is 26.0 Å². The third-order valence-corrected chi connectivity index (χ3v) is 8.05. The Labute approximate surface area is 278 Å². The number of fused-ring (bicyclic) bond motifs is 2. The number of carbonyl (C=O) groups is 4. The molecule has 2 amide bonds. The molecule has 0 aromatic rings. The molecular formula is C35H52N4O8. The quantitative estimate of drug-likeness (QED) is 0.133. The molecule has 1 aliphatic carbocycles. The predicted octanol–water partition coefficient (Wildman–Crippen LogP) is 2.91. The molecule has 0 radical (unpaired) electrons. The Bertz CT molecular complexity index is 1310. The monoisotopic (exact) mass is 656 g/mol. The SMILES string of the molecule is CCCNC/C=C/CNC1=C2CC(C)CC(OC)C(O)C(C)/C=C(\C)C(OC(N)=O)C(OC)/C=C\C=C(/C)C(=O)NC(=CC1=O)C2=O. The zero-order valence-electron chi connectivity index (χ0n) is 28.6. The Morgan fingerprint density at radius 3 is 2.47 bits per heavy atom. The summed E-state index contributed by atoms with van der Waals surface area (Å²) in [6.45, 7) is 11.0. The van der Waals surface area contributed by atoms with Crippen molar-refractivity contribution in [2.24, 2.45) is 17.6 Å². The van der Waals surface area contributed by atoms with E-state index in [1.165, 1.54) is 20.3 Å². The minimum atomic E-state index is -0.999. The first-order chi connectivity index (χ1) is 22.3. The number of amides is 2. The zero-order valence-corrected chi connectivity index (χ0v) is 28.6. The van der Waals surface area contributed by atoms with Gasteiger partial charge in [-0.3, -0.25) is 14.4 Å². The van der Waals surface area contributed by atoms with Crippen molar-refractivity contribution in [2.45, 2.75) is 78.3 Å². The van der Waals surface area contributed by atoms with Gasteiger partial charge >= 0.3 is 6.09 Å². The van der Waals surface area contributed by atoms with Crippen LogP contribution in [0.4, 0.5) is 4.79 Å². The second-order valence-corrected chi connectivity index (χ2v) is 12.0. The molecule has 47 heavy (non-hydrogen) atoms. The summed E-state index contributed by atoms with van der Waals surface area (Å²) in [5.41, 5.74) is 6.51. The van der Waals surface area contributed by atoms with E-state index in [0.29, 0.717) is 25.1 Å². The molecule has 0 saturated heterocycles. The Hall–Kier alpha value is -3.84. The molecule has 2 bridgehead atoms. The molecule has 2 aliphatic rings. The minimum Gasteiger partial charge on any atom is -0.439 e. The van der Waals surface area contributed by atoms with Crippen LogP contribution in [0.1, 0.15) is 53.9 Å². The number of hydrogen-bond acceptors (Lipinski definition) is 10. The van der Waals surface area contributed by atoms with Crippen LogP contribution in [0, 0.1) is 11.8 Å². The van der Waals surface area contributed by atoms with Crippen molar-refractivity contribution < 1.29 is 38.5 Å². The van der Waals surface area contributed by atoms with Gasteiger partial charge in [-0.05, 0) is 51.1 Å². The normalized spacial score (nSPS) is 29.8. The van der Waals surface area contributed by atoms with Crippen LogP contribution in [0.15, 0.2) is 70.6 Å². The molecule has 1 heterocycles. The van der Waals surface area contributed by atoms with Crippen molar-refractivity contribution >= 4 is 23.6 Å². The van der Waals surface area contributed by atoms with Crippen molar-refractivity contribution in [3.8, 4) is 0 Å². The Morgan fingerprint density at radius 2 is 1.83 bits per heavy atom. The predicted molar refractivity (Wildman–Crippen MR) is 180 cm³/mol. The highest BCUT2D eigenvalue weighted by molar-refractivity contribution is 6.23. The molecule has 6 N–H and O–H groups in total. The molecule has 6 unspecified atom stereocenters. The van der Waals surface area contributed by atoms with Gasteiger partial charge in [-0.1, -0.05) is 57.2 Å². The number of nitrogens with one attached hydrogen (secondary N) is 3. The van der Waals surface area contributed by atoms with E-state index >= 15 is 0 Å². The van der Waals surface area contributed by atoms with E-state index < -0.39 is 53.9 Å². The lowest BCUT2D eigenvalue weighted by molar-refractivity contribution is -0.120. The summed E-state index contributed by atoms with van der Waals surface area (Å²) in [4.78, 5) is 52.0. The van der Waals surface area contributed by atoms with E-state index in [2.05, 4.69) is 22.9 Å². The number of methoxy groups -OCH3 is 2. The smallest absolute Gasteiger partial charge is 0.405 e. The summed E-state index contributed by atoms with van der Waals surface area (Å²) in [6.07, 6.45) is 8.67. The van der Waals surface area contributed by atoms with Gasteiger partial charge in [0.25, 0.3) is 5.91 Å². The number of allylic oxidation sites excluding steroid dienone is 4. The Kier molecular flexibility index (Phi) is 16.5. The van der Waals surface area contributed by atoms with E-state index in [9.17, 15) is 24.3 Å². The highest BCUT2D eigenvalue weighted by Gasteiger charge is 2.33.